The number of benzene rings is 1. The van der Waals surface area contributed by atoms with Crippen molar-refractivity contribution in [3.8, 4) is 0 Å². The van der Waals surface area contributed by atoms with Crippen LogP contribution in [0.3, 0.4) is 0 Å². The van der Waals surface area contributed by atoms with Crippen LogP contribution in [0.1, 0.15) is 64.6 Å². The lowest BCUT2D eigenvalue weighted by Crippen LogP contribution is -2.39. The van der Waals surface area contributed by atoms with E-state index in [1.165, 1.54) is 0 Å². The van der Waals surface area contributed by atoms with Gasteiger partial charge in [0.25, 0.3) is 5.91 Å². The van der Waals surface area contributed by atoms with Crippen LogP contribution in [0.4, 0.5) is 0 Å². The van der Waals surface area contributed by atoms with E-state index in [0.29, 0.717) is 24.6 Å². The lowest BCUT2D eigenvalue weighted by Gasteiger charge is -2.31. The number of carbonyl (C=O) groups excluding carboxylic acids is 1. The average Bonchev–Trinajstić information content (AvgIpc) is 3.36. The minimum absolute atomic E-state index is 0.0175. The number of hydrogen-bond acceptors (Lipinski definition) is 4. The van der Waals surface area contributed by atoms with Crippen LogP contribution in [0.5, 0.6) is 0 Å². The minimum atomic E-state index is -0.0175. The fraction of sp³-hybridized carbons (Fsp3) is 0.409. The number of halogens is 1. The number of aryl methyl sites for hydroxylation is 1. The van der Waals surface area contributed by atoms with E-state index in [9.17, 15) is 4.79 Å². The Hall–Kier alpha value is -2.60. The van der Waals surface area contributed by atoms with Gasteiger partial charge in [-0.2, -0.15) is 5.10 Å². The van der Waals surface area contributed by atoms with Crippen molar-refractivity contribution in [1.29, 1.82) is 0 Å². The molecular weight excluding hydrogens is 388 g/mol. The Kier molecular flexibility index (Phi) is 5.72. The van der Waals surface area contributed by atoms with Gasteiger partial charge in [-0.3, -0.25) is 9.89 Å². The Balaban J connectivity index is 1.44. The van der Waals surface area contributed by atoms with Crippen molar-refractivity contribution < 1.29 is 9.21 Å². The lowest BCUT2D eigenvalue weighted by molar-refractivity contribution is 0.0691. The molecule has 0 radical (unpaired) electrons. The van der Waals surface area contributed by atoms with Crippen LogP contribution in [0.25, 0.3) is 0 Å². The zero-order chi connectivity index (χ0) is 20.4. The van der Waals surface area contributed by atoms with E-state index in [-0.39, 0.29) is 11.8 Å². The highest BCUT2D eigenvalue weighted by Crippen LogP contribution is 2.28. The van der Waals surface area contributed by atoms with Gasteiger partial charge in [0.2, 0.25) is 0 Å². The highest BCUT2D eigenvalue weighted by Gasteiger charge is 2.30. The summed E-state index contributed by atoms with van der Waals surface area (Å²) in [6.45, 7) is 5.35. The molecule has 4 rings (SSSR count). The van der Waals surface area contributed by atoms with Gasteiger partial charge in [-0.15, -0.1) is 0 Å². The summed E-state index contributed by atoms with van der Waals surface area (Å²) in [5, 5.41) is 7.95. The van der Waals surface area contributed by atoms with Crippen LogP contribution in [-0.2, 0) is 12.8 Å². The standard InChI is InChI=1S/C22H25ClN4O2/c1-3-19-14(2)20(26-25-19)22(28)27-10-4-5-16(13-27)21-24-12-18(29-21)11-15-6-8-17(23)9-7-15/h6-9,12,16H,3-5,10-11,13H2,1-2H3,(H,25,26)/t16-/m1/s1. The minimum Gasteiger partial charge on any atom is -0.445 e. The number of rotatable bonds is 5. The number of aromatic nitrogens is 3. The van der Waals surface area contributed by atoms with Crippen molar-refractivity contribution >= 4 is 17.5 Å². The van der Waals surface area contributed by atoms with Crippen molar-refractivity contribution in [2.45, 2.75) is 45.4 Å². The molecule has 152 valence electrons. The predicted octanol–water partition coefficient (Wildman–Crippen LogP) is 4.53. The van der Waals surface area contributed by atoms with Crippen molar-refractivity contribution in [3.05, 3.63) is 69.7 Å². The zero-order valence-corrected chi connectivity index (χ0v) is 17.5. The third-order valence-electron chi connectivity index (χ3n) is 5.59. The van der Waals surface area contributed by atoms with Crippen molar-refractivity contribution in [2.75, 3.05) is 13.1 Å². The van der Waals surface area contributed by atoms with Gasteiger partial charge in [0.05, 0.1) is 12.1 Å². The van der Waals surface area contributed by atoms with E-state index < -0.39 is 0 Å². The molecule has 0 saturated carbocycles. The summed E-state index contributed by atoms with van der Waals surface area (Å²) < 4.78 is 6.03. The van der Waals surface area contributed by atoms with E-state index in [1.54, 1.807) is 6.20 Å². The molecular formula is C22H25ClN4O2. The largest absolute Gasteiger partial charge is 0.445 e. The molecule has 1 atom stereocenters. The number of aromatic amines is 1. The summed E-state index contributed by atoms with van der Waals surface area (Å²) in [7, 11) is 0. The Labute approximate surface area is 175 Å². The maximum atomic E-state index is 13.0. The highest BCUT2D eigenvalue weighted by molar-refractivity contribution is 6.30. The molecule has 0 spiro atoms. The second-order valence-corrected chi connectivity index (χ2v) is 8.02. The third kappa shape index (κ3) is 4.22. The van der Waals surface area contributed by atoms with E-state index in [0.717, 1.165) is 53.4 Å². The fourth-order valence-corrected chi connectivity index (χ4v) is 4.02. The lowest BCUT2D eigenvalue weighted by atomic mass is 9.97. The number of likely N-dealkylation sites (tertiary alicyclic amines) is 1. The average molecular weight is 413 g/mol. The van der Waals surface area contributed by atoms with Crippen molar-refractivity contribution in [2.24, 2.45) is 0 Å². The van der Waals surface area contributed by atoms with Gasteiger partial charge >= 0.3 is 0 Å². The number of oxazole rings is 1. The number of piperidine rings is 1. The van der Waals surface area contributed by atoms with Gasteiger partial charge < -0.3 is 9.32 Å². The zero-order valence-electron chi connectivity index (χ0n) is 16.7. The molecule has 0 aliphatic carbocycles. The molecule has 1 aliphatic heterocycles. The molecule has 1 N–H and O–H groups in total. The number of carbonyl (C=O) groups is 1. The molecule has 1 aliphatic rings. The van der Waals surface area contributed by atoms with Crippen LogP contribution < -0.4 is 0 Å². The van der Waals surface area contributed by atoms with Gasteiger partial charge in [-0.05, 0) is 43.9 Å². The predicted molar refractivity (Wildman–Crippen MR) is 111 cm³/mol. The van der Waals surface area contributed by atoms with Gasteiger partial charge in [-0.1, -0.05) is 30.7 Å². The first-order valence-electron chi connectivity index (χ1n) is 10.1. The quantitative estimate of drug-likeness (QED) is 0.667. The molecule has 29 heavy (non-hydrogen) atoms. The number of hydrogen-bond donors (Lipinski definition) is 1. The smallest absolute Gasteiger partial charge is 0.274 e. The second kappa shape index (κ2) is 8.41. The second-order valence-electron chi connectivity index (χ2n) is 7.59. The molecule has 0 unspecified atom stereocenters. The number of nitrogens with one attached hydrogen (secondary N) is 1. The van der Waals surface area contributed by atoms with E-state index >= 15 is 0 Å². The summed E-state index contributed by atoms with van der Waals surface area (Å²) in [6.07, 6.45) is 5.18. The first-order valence-corrected chi connectivity index (χ1v) is 10.4. The van der Waals surface area contributed by atoms with Gasteiger partial charge in [0, 0.05) is 35.8 Å². The van der Waals surface area contributed by atoms with E-state index in [4.69, 9.17) is 16.0 Å². The summed E-state index contributed by atoms with van der Waals surface area (Å²) in [6, 6.07) is 7.73. The van der Waals surface area contributed by atoms with Gasteiger partial charge in [0.1, 0.15) is 5.76 Å². The molecule has 1 amide bonds. The monoisotopic (exact) mass is 412 g/mol. The number of amides is 1. The first-order chi connectivity index (χ1) is 14.0. The highest BCUT2D eigenvalue weighted by atomic mass is 35.5. The first kappa shape index (κ1) is 19.7. The molecule has 0 bridgehead atoms. The van der Waals surface area contributed by atoms with Crippen LogP contribution >= 0.6 is 11.6 Å². The van der Waals surface area contributed by atoms with Crippen LogP contribution in [0.2, 0.25) is 5.02 Å². The summed E-state index contributed by atoms with van der Waals surface area (Å²) in [5.74, 6) is 1.62. The van der Waals surface area contributed by atoms with Crippen molar-refractivity contribution in [1.82, 2.24) is 20.1 Å². The van der Waals surface area contributed by atoms with Crippen LogP contribution in [0, 0.1) is 6.92 Å². The maximum absolute atomic E-state index is 13.0. The molecule has 7 heteroatoms. The molecule has 2 aromatic heterocycles. The Bertz CT molecular complexity index is 993. The van der Waals surface area contributed by atoms with Crippen molar-refractivity contribution in [3.63, 3.8) is 0 Å². The SMILES string of the molecule is CCc1[nH]nc(C(=O)N2CCC[C@@H](c3ncc(Cc4ccc(Cl)cc4)o3)C2)c1C. The third-order valence-corrected chi connectivity index (χ3v) is 5.84. The summed E-state index contributed by atoms with van der Waals surface area (Å²) >= 11 is 5.95. The molecule has 1 fully saturated rings. The maximum Gasteiger partial charge on any atom is 0.274 e. The number of H-pyrrole nitrogens is 1. The van der Waals surface area contributed by atoms with E-state index in [1.807, 2.05) is 36.1 Å². The molecule has 1 aromatic carbocycles. The molecule has 6 nitrogen and oxygen atoms in total. The van der Waals surface area contributed by atoms with Gasteiger partial charge in [0.15, 0.2) is 11.6 Å². The normalized spacial score (nSPS) is 16.9. The van der Waals surface area contributed by atoms with E-state index in [2.05, 4.69) is 22.1 Å². The molecule has 1 saturated heterocycles. The van der Waals surface area contributed by atoms with Crippen LogP contribution in [-0.4, -0.2) is 39.1 Å². The fourth-order valence-electron chi connectivity index (χ4n) is 3.90. The van der Waals surface area contributed by atoms with Crippen LogP contribution in [0.15, 0.2) is 34.9 Å². The topological polar surface area (TPSA) is 75.0 Å². The Morgan fingerprint density at radius 3 is 2.86 bits per heavy atom. The molecule has 3 heterocycles. The summed E-state index contributed by atoms with van der Waals surface area (Å²) in [4.78, 5) is 19.4. The van der Waals surface area contributed by atoms with Gasteiger partial charge in [-0.25, -0.2) is 4.98 Å². The number of nitrogens with zero attached hydrogens (tertiary/aromatic N) is 3. The molecule has 3 aromatic rings. The summed E-state index contributed by atoms with van der Waals surface area (Å²) in [5.41, 5.74) is 3.61. The Morgan fingerprint density at radius 1 is 1.34 bits per heavy atom. The Morgan fingerprint density at radius 2 is 2.14 bits per heavy atom.